The minimum absolute atomic E-state index is 0.0106. The highest BCUT2D eigenvalue weighted by Crippen LogP contribution is 2.22. The van der Waals surface area contributed by atoms with Gasteiger partial charge in [0.25, 0.3) is 0 Å². The molecule has 0 bridgehead atoms. The predicted molar refractivity (Wildman–Crippen MR) is 75.3 cm³/mol. The lowest BCUT2D eigenvalue weighted by Gasteiger charge is -2.31. The van der Waals surface area contributed by atoms with Crippen LogP contribution in [0.1, 0.15) is 52.9 Å². The van der Waals surface area contributed by atoms with E-state index in [-0.39, 0.29) is 6.42 Å². The molecule has 0 aliphatic carbocycles. The average Bonchev–Trinajstić information content (AvgIpc) is 2.42. The fourth-order valence-corrected chi connectivity index (χ4v) is 1.56. The number of rotatable bonds is 10. The molecular formula is C14H26O8. The number of aliphatic hydroxyl groups is 4. The molecule has 0 aromatic rings. The van der Waals surface area contributed by atoms with Crippen LogP contribution >= 0.6 is 0 Å². The first-order valence-corrected chi connectivity index (χ1v) is 7.36. The number of ether oxygens (including phenoxy) is 2. The highest BCUT2D eigenvalue weighted by atomic mass is 16.9. The van der Waals surface area contributed by atoms with Gasteiger partial charge in [-0.1, -0.05) is 32.6 Å². The lowest BCUT2D eigenvalue weighted by atomic mass is 10.1. The van der Waals surface area contributed by atoms with Gasteiger partial charge in [0.05, 0.1) is 0 Å². The number of carbonyl (C=O) groups is 2. The van der Waals surface area contributed by atoms with E-state index in [0.29, 0.717) is 6.42 Å². The fraction of sp³-hybridized carbons (Fsp3) is 0.857. The molecule has 0 saturated heterocycles. The van der Waals surface area contributed by atoms with E-state index in [0.717, 1.165) is 33.1 Å². The zero-order chi connectivity index (χ0) is 17.3. The van der Waals surface area contributed by atoms with Crippen LogP contribution in [0.15, 0.2) is 0 Å². The van der Waals surface area contributed by atoms with Gasteiger partial charge in [-0.15, -0.1) is 0 Å². The molecule has 0 saturated carbocycles. The van der Waals surface area contributed by atoms with Crippen LogP contribution in [0.4, 0.5) is 0 Å². The van der Waals surface area contributed by atoms with Crippen LogP contribution in [0, 0.1) is 0 Å². The van der Waals surface area contributed by atoms with Gasteiger partial charge in [-0.05, 0) is 20.3 Å². The largest absolute Gasteiger partial charge is 0.401 e. The molecule has 0 radical (unpaired) electrons. The molecule has 0 heterocycles. The maximum absolute atomic E-state index is 11.4. The molecule has 0 aromatic heterocycles. The highest BCUT2D eigenvalue weighted by Gasteiger charge is 2.45. The van der Waals surface area contributed by atoms with E-state index in [9.17, 15) is 19.8 Å². The zero-order valence-corrected chi connectivity index (χ0v) is 13.2. The highest BCUT2D eigenvalue weighted by molar-refractivity contribution is 5.76. The van der Waals surface area contributed by atoms with Gasteiger partial charge in [-0.3, -0.25) is 0 Å². The third-order valence-electron chi connectivity index (χ3n) is 2.93. The Morgan fingerprint density at radius 2 is 1.41 bits per heavy atom. The quantitative estimate of drug-likeness (QED) is 0.247. The van der Waals surface area contributed by atoms with Crippen LogP contribution in [0.3, 0.4) is 0 Å². The van der Waals surface area contributed by atoms with Crippen LogP contribution in [-0.4, -0.2) is 56.6 Å². The molecule has 0 spiro atoms. The van der Waals surface area contributed by atoms with Crippen LogP contribution in [-0.2, 0) is 19.1 Å². The van der Waals surface area contributed by atoms with Crippen molar-refractivity contribution in [3.8, 4) is 0 Å². The Morgan fingerprint density at radius 1 is 0.955 bits per heavy atom. The Balaban J connectivity index is 4.89. The van der Waals surface area contributed by atoms with Gasteiger partial charge in [-0.25, -0.2) is 9.59 Å². The molecule has 8 heteroatoms. The lowest BCUT2D eigenvalue weighted by molar-refractivity contribution is -0.365. The van der Waals surface area contributed by atoms with E-state index in [1.165, 1.54) is 0 Å². The molecule has 4 N–H and O–H groups in total. The van der Waals surface area contributed by atoms with E-state index < -0.39 is 36.2 Å². The van der Waals surface area contributed by atoms with Crippen molar-refractivity contribution in [2.75, 3.05) is 0 Å². The molecule has 0 rings (SSSR count). The molecule has 130 valence electrons. The number of aliphatic hydroxyl groups excluding tert-OH is 3. The Hall–Kier alpha value is -1.22. The standard InChI is InChI=1S/C14H26O8/c1-4-5-6-7-8-11(17)14(20,21-12(18)9(2)15)22-13(19)10(3)16/h9-11,15-17,20H,4-8H2,1-3H3. The second-order valence-electron chi connectivity index (χ2n) is 5.19. The van der Waals surface area contributed by atoms with E-state index in [1.807, 2.05) is 6.92 Å². The van der Waals surface area contributed by atoms with Crippen molar-refractivity contribution in [1.82, 2.24) is 0 Å². The molecule has 0 aliphatic rings. The summed E-state index contributed by atoms with van der Waals surface area (Å²) in [6.45, 7) is 4.18. The number of carbonyl (C=O) groups excluding carboxylic acids is 2. The first-order valence-electron chi connectivity index (χ1n) is 7.36. The van der Waals surface area contributed by atoms with Crippen molar-refractivity contribution < 1.29 is 39.5 Å². The van der Waals surface area contributed by atoms with Gasteiger partial charge in [0.15, 0.2) is 6.10 Å². The zero-order valence-electron chi connectivity index (χ0n) is 13.2. The topological polar surface area (TPSA) is 134 Å². The molecule has 3 atom stereocenters. The smallest absolute Gasteiger partial charge is 0.394 e. The summed E-state index contributed by atoms with van der Waals surface area (Å²) in [7, 11) is 0. The predicted octanol–water partition coefficient (Wildman–Crippen LogP) is -0.188. The van der Waals surface area contributed by atoms with Crippen molar-refractivity contribution in [3.63, 3.8) is 0 Å². The summed E-state index contributed by atoms with van der Waals surface area (Å²) >= 11 is 0. The van der Waals surface area contributed by atoms with E-state index in [4.69, 9.17) is 10.2 Å². The summed E-state index contributed by atoms with van der Waals surface area (Å²) in [5, 5.41) is 38.3. The molecular weight excluding hydrogens is 296 g/mol. The van der Waals surface area contributed by atoms with Crippen LogP contribution in [0.5, 0.6) is 0 Å². The number of esters is 2. The lowest BCUT2D eigenvalue weighted by Crippen LogP contribution is -2.52. The Kier molecular flexibility index (Phi) is 9.19. The van der Waals surface area contributed by atoms with E-state index in [1.54, 1.807) is 0 Å². The summed E-state index contributed by atoms with van der Waals surface area (Å²) in [4.78, 5) is 22.8. The molecule has 0 aromatic carbocycles. The molecule has 0 fully saturated rings. The van der Waals surface area contributed by atoms with Gasteiger partial charge in [0.1, 0.15) is 12.2 Å². The fourth-order valence-electron chi connectivity index (χ4n) is 1.56. The second kappa shape index (κ2) is 9.73. The maximum Gasteiger partial charge on any atom is 0.401 e. The number of hydrogen-bond donors (Lipinski definition) is 4. The SMILES string of the molecule is CCCCCCC(O)C(O)(OC(=O)C(C)O)OC(=O)C(C)O. The van der Waals surface area contributed by atoms with Gasteiger partial charge < -0.3 is 29.9 Å². The molecule has 8 nitrogen and oxygen atoms in total. The molecule has 0 aliphatic heterocycles. The van der Waals surface area contributed by atoms with Crippen molar-refractivity contribution in [3.05, 3.63) is 0 Å². The Morgan fingerprint density at radius 3 is 1.77 bits per heavy atom. The molecule has 0 amide bonds. The van der Waals surface area contributed by atoms with Crippen molar-refractivity contribution in [2.45, 2.75) is 77.2 Å². The summed E-state index contributed by atoms with van der Waals surface area (Å²) in [5.74, 6) is -5.49. The second-order valence-corrected chi connectivity index (χ2v) is 5.19. The molecule has 22 heavy (non-hydrogen) atoms. The van der Waals surface area contributed by atoms with Gasteiger partial charge in [0.2, 0.25) is 0 Å². The summed E-state index contributed by atoms with van der Waals surface area (Å²) < 4.78 is 9.00. The summed E-state index contributed by atoms with van der Waals surface area (Å²) in [6.07, 6.45) is -1.67. The van der Waals surface area contributed by atoms with Gasteiger partial charge >= 0.3 is 17.9 Å². The van der Waals surface area contributed by atoms with E-state index in [2.05, 4.69) is 9.47 Å². The van der Waals surface area contributed by atoms with E-state index >= 15 is 0 Å². The van der Waals surface area contributed by atoms with Crippen LogP contribution in [0.25, 0.3) is 0 Å². The summed E-state index contributed by atoms with van der Waals surface area (Å²) in [6, 6.07) is 0. The summed E-state index contributed by atoms with van der Waals surface area (Å²) in [5.41, 5.74) is 0. The first kappa shape index (κ1) is 20.8. The monoisotopic (exact) mass is 322 g/mol. The van der Waals surface area contributed by atoms with Gasteiger partial charge in [0, 0.05) is 0 Å². The van der Waals surface area contributed by atoms with Crippen LogP contribution in [0.2, 0.25) is 0 Å². The van der Waals surface area contributed by atoms with Crippen molar-refractivity contribution >= 4 is 11.9 Å². The van der Waals surface area contributed by atoms with Crippen LogP contribution < -0.4 is 0 Å². The van der Waals surface area contributed by atoms with Crippen molar-refractivity contribution in [2.24, 2.45) is 0 Å². The Labute approximate surface area is 129 Å². The number of unbranched alkanes of at least 4 members (excludes halogenated alkanes) is 3. The normalized spacial score (nSPS) is 18.0. The minimum atomic E-state index is -2.95. The van der Waals surface area contributed by atoms with Crippen molar-refractivity contribution in [1.29, 1.82) is 0 Å². The van der Waals surface area contributed by atoms with Gasteiger partial charge in [-0.2, -0.15) is 0 Å². The molecule has 3 unspecified atom stereocenters. The average molecular weight is 322 g/mol. The minimum Gasteiger partial charge on any atom is -0.394 e. The third-order valence-corrected chi connectivity index (χ3v) is 2.93. The maximum atomic E-state index is 11.4. The number of hydrogen-bond acceptors (Lipinski definition) is 8. The third kappa shape index (κ3) is 7.17. The Bertz CT molecular complexity index is 331. The first-order chi connectivity index (χ1) is 10.1.